The number of carbonyl (C=O) groups is 1. The zero-order chi connectivity index (χ0) is 24.7. The zero-order valence-corrected chi connectivity index (χ0v) is 21.3. The molecule has 1 aliphatic carbocycles. The molecule has 1 saturated carbocycles. The number of aromatic nitrogens is 1. The van der Waals surface area contributed by atoms with E-state index in [-0.39, 0.29) is 5.91 Å². The van der Waals surface area contributed by atoms with Crippen LogP contribution in [0.5, 0.6) is 0 Å². The molecule has 1 aromatic heterocycles. The van der Waals surface area contributed by atoms with Crippen LogP contribution in [0.15, 0.2) is 78.9 Å². The van der Waals surface area contributed by atoms with Crippen LogP contribution in [0.25, 0.3) is 22.0 Å². The third-order valence-corrected chi connectivity index (χ3v) is 7.52. The van der Waals surface area contributed by atoms with E-state index in [0.29, 0.717) is 18.0 Å². The highest BCUT2D eigenvalue weighted by molar-refractivity contribution is 6.06. The quantitative estimate of drug-likeness (QED) is 0.262. The number of fused-ring (bicyclic) bond motifs is 1. The van der Waals surface area contributed by atoms with Gasteiger partial charge in [-0.05, 0) is 79.3 Å². The molecular formula is C33H36N2O. The molecule has 1 fully saturated rings. The summed E-state index contributed by atoms with van der Waals surface area (Å²) in [5.74, 6) is 0.697. The fourth-order valence-electron chi connectivity index (χ4n) is 5.51. The number of benzene rings is 3. The molecule has 0 unspecified atom stereocenters. The maximum absolute atomic E-state index is 13.0. The van der Waals surface area contributed by atoms with Crippen molar-refractivity contribution in [3.63, 3.8) is 0 Å². The van der Waals surface area contributed by atoms with Gasteiger partial charge in [-0.2, -0.15) is 0 Å². The molecule has 1 heterocycles. The number of unbranched alkanes of at least 4 members (excludes halogenated alkanes) is 1. The van der Waals surface area contributed by atoms with Gasteiger partial charge >= 0.3 is 0 Å². The van der Waals surface area contributed by atoms with Gasteiger partial charge in [0.05, 0.1) is 11.1 Å². The van der Waals surface area contributed by atoms with E-state index in [2.05, 4.69) is 72.0 Å². The summed E-state index contributed by atoms with van der Waals surface area (Å²) in [6.45, 7) is 2.64. The molecular weight excluding hydrogens is 440 g/mol. The summed E-state index contributed by atoms with van der Waals surface area (Å²) in [6, 6.07) is 27.8. The summed E-state index contributed by atoms with van der Waals surface area (Å²) in [7, 11) is 0. The van der Waals surface area contributed by atoms with Gasteiger partial charge in [0.1, 0.15) is 0 Å². The van der Waals surface area contributed by atoms with E-state index >= 15 is 0 Å². The van der Waals surface area contributed by atoms with Gasteiger partial charge in [0, 0.05) is 17.6 Å². The van der Waals surface area contributed by atoms with Crippen molar-refractivity contribution in [2.45, 2.75) is 64.2 Å². The SMILES string of the molecule is Cc1cc(C(=O)NCCCCc2ccccc2)c2ccc(-c3ccc(C4CCCCC4)cc3)cc2n1. The van der Waals surface area contributed by atoms with Crippen LogP contribution in [0.4, 0.5) is 0 Å². The maximum Gasteiger partial charge on any atom is 0.252 e. The molecule has 0 bridgehead atoms. The second kappa shape index (κ2) is 11.5. The first-order chi connectivity index (χ1) is 17.7. The lowest BCUT2D eigenvalue weighted by molar-refractivity contribution is 0.0954. The standard InChI is InChI=1S/C33H36N2O/c1-24-22-31(33(36)34-21-9-8-12-25-10-4-2-5-11-25)30-20-19-29(23-32(30)35-24)28-17-15-27(16-18-28)26-13-6-3-7-14-26/h2,4-5,10-11,15-20,22-23,26H,3,6-9,12-14,21H2,1H3,(H,34,36). The smallest absolute Gasteiger partial charge is 0.252 e. The Balaban J connectivity index is 1.26. The van der Waals surface area contributed by atoms with Gasteiger partial charge in [-0.15, -0.1) is 0 Å². The van der Waals surface area contributed by atoms with Crippen LogP contribution >= 0.6 is 0 Å². The Morgan fingerprint density at radius 2 is 1.61 bits per heavy atom. The third kappa shape index (κ3) is 5.84. The minimum Gasteiger partial charge on any atom is -0.352 e. The van der Waals surface area contributed by atoms with Gasteiger partial charge in [0.2, 0.25) is 0 Å². The molecule has 1 N–H and O–H groups in total. The van der Waals surface area contributed by atoms with Crippen molar-refractivity contribution in [2.75, 3.05) is 6.54 Å². The molecule has 5 rings (SSSR count). The minimum atomic E-state index is -0.0187. The van der Waals surface area contributed by atoms with Gasteiger partial charge in [-0.1, -0.05) is 86.0 Å². The fourth-order valence-corrected chi connectivity index (χ4v) is 5.51. The number of pyridine rings is 1. The monoisotopic (exact) mass is 476 g/mol. The predicted octanol–water partition coefficient (Wildman–Crippen LogP) is 8.01. The van der Waals surface area contributed by atoms with Crippen molar-refractivity contribution in [1.82, 2.24) is 10.3 Å². The Bertz CT molecular complexity index is 1310. The van der Waals surface area contributed by atoms with Crippen molar-refractivity contribution in [3.8, 4) is 11.1 Å². The average Bonchev–Trinajstić information content (AvgIpc) is 2.93. The van der Waals surface area contributed by atoms with Crippen LogP contribution in [-0.4, -0.2) is 17.4 Å². The number of hydrogen-bond acceptors (Lipinski definition) is 2. The predicted molar refractivity (Wildman–Crippen MR) is 149 cm³/mol. The number of hydrogen-bond donors (Lipinski definition) is 1. The molecule has 1 amide bonds. The zero-order valence-electron chi connectivity index (χ0n) is 21.3. The first-order valence-corrected chi connectivity index (χ1v) is 13.5. The molecule has 0 saturated heterocycles. The van der Waals surface area contributed by atoms with Gasteiger partial charge < -0.3 is 5.32 Å². The number of rotatable bonds is 8. The van der Waals surface area contributed by atoms with Crippen LogP contribution in [0.2, 0.25) is 0 Å². The lowest BCUT2D eigenvalue weighted by Gasteiger charge is -2.22. The van der Waals surface area contributed by atoms with Gasteiger partial charge in [-0.3, -0.25) is 9.78 Å². The van der Waals surface area contributed by atoms with Crippen molar-refractivity contribution in [1.29, 1.82) is 0 Å². The number of aryl methyl sites for hydroxylation is 2. The molecule has 3 heteroatoms. The van der Waals surface area contributed by atoms with Gasteiger partial charge in [0.15, 0.2) is 0 Å². The van der Waals surface area contributed by atoms with E-state index in [1.54, 1.807) is 0 Å². The molecule has 3 nitrogen and oxygen atoms in total. The molecule has 0 radical (unpaired) electrons. The minimum absolute atomic E-state index is 0.0187. The van der Waals surface area contributed by atoms with Crippen LogP contribution in [0.1, 0.15) is 78.0 Å². The van der Waals surface area contributed by atoms with E-state index < -0.39 is 0 Å². The molecule has 0 atom stereocenters. The average molecular weight is 477 g/mol. The van der Waals surface area contributed by atoms with Crippen molar-refractivity contribution < 1.29 is 4.79 Å². The Hall–Kier alpha value is -3.46. The first-order valence-electron chi connectivity index (χ1n) is 13.5. The lowest BCUT2D eigenvalue weighted by atomic mass is 9.83. The normalized spacial score (nSPS) is 14.1. The molecule has 4 aromatic rings. The van der Waals surface area contributed by atoms with Crippen molar-refractivity contribution in [2.24, 2.45) is 0 Å². The Labute approximate surface area is 215 Å². The van der Waals surface area contributed by atoms with E-state index in [4.69, 9.17) is 4.98 Å². The van der Waals surface area contributed by atoms with Crippen LogP contribution < -0.4 is 5.32 Å². The van der Waals surface area contributed by atoms with Gasteiger partial charge in [-0.25, -0.2) is 0 Å². The number of amides is 1. The number of nitrogens with one attached hydrogen (secondary N) is 1. The molecule has 0 spiro atoms. The van der Waals surface area contributed by atoms with Crippen molar-refractivity contribution in [3.05, 3.63) is 101 Å². The number of carbonyl (C=O) groups excluding carboxylic acids is 1. The third-order valence-electron chi connectivity index (χ3n) is 7.52. The highest BCUT2D eigenvalue weighted by Gasteiger charge is 2.16. The highest BCUT2D eigenvalue weighted by atomic mass is 16.1. The van der Waals surface area contributed by atoms with Crippen LogP contribution in [0.3, 0.4) is 0 Å². The molecule has 3 aromatic carbocycles. The molecule has 184 valence electrons. The van der Waals surface area contributed by atoms with Crippen LogP contribution in [0, 0.1) is 6.92 Å². The Kier molecular flexibility index (Phi) is 7.76. The second-order valence-corrected chi connectivity index (χ2v) is 10.2. The van der Waals surface area contributed by atoms with E-state index in [0.717, 1.165) is 41.4 Å². The largest absolute Gasteiger partial charge is 0.352 e. The maximum atomic E-state index is 13.0. The topological polar surface area (TPSA) is 42.0 Å². The molecule has 1 aliphatic rings. The van der Waals surface area contributed by atoms with E-state index in [9.17, 15) is 4.79 Å². The summed E-state index contributed by atoms with van der Waals surface area (Å²) in [4.78, 5) is 17.8. The summed E-state index contributed by atoms with van der Waals surface area (Å²) in [6.07, 6.45) is 9.78. The van der Waals surface area contributed by atoms with Crippen LogP contribution in [-0.2, 0) is 6.42 Å². The second-order valence-electron chi connectivity index (χ2n) is 10.2. The van der Waals surface area contributed by atoms with E-state index in [1.165, 1.54) is 48.8 Å². The Morgan fingerprint density at radius 3 is 2.39 bits per heavy atom. The highest BCUT2D eigenvalue weighted by Crippen LogP contribution is 2.34. The van der Waals surface area contributed by atoms with E-state index in [1.807, 2.05) is 19.1 Å². The molecule has 0 aliphatic heterocycles. The lowest BCUT2D eigenvalue weighted by Crippen LogP contribution is -2.25. The Morgan fingerprint density at radius 1 is 0.861 bits per heavy atom. The summed E-state index contributed by atoms with van der Waals surface area (Å²) in [5, 5.41) is 4.03. The molecule has 36 heavy (non-hydrogen) atoms. The van der Waals surface area contributed by atoms with Crippen molar-refractivity contribution >= 4 is 16.8 Å². The number of nitrogens with zero attached hydrogens (tertiary/aromatic N) is 1. The van der Waals surface area contributed by atoms with Gasteiger partial charge in [0.25, 0.3) is 5.91 Å². The summed E-state index contributed by atoms with van der Waals surface area (Å²) >= 11 is 0. The first kappa shape index (κ1) is 24.2. The summed E-state index contributed by atoms with van der Waals surface area (Å²) in [5.41, 5.74) is 7.60. The summed E-state index contributed by atoms with van der Waals surface area (Å²) < 4.78 is 0. The fraction of sp³-hybridized carbons (Fsp3) is 0.333.